The first-order chi connectivity index (χ1) is 14.6. The quantitative estimate of drug-likeness (QED) is 0.556. The van der Waals surface area contributed by atoms with Gasteiger partial charge in [-0.05, 0) is 30.4 Å². The lowest BCUT2D eigenvalue weighted by molar-refractivity contribution is -0.142. The lowest BCUT2D eigenvalue weighted by atomic mass is 9.85. The summed E-state index contributed by atoms with van der Waals surface area (Å²) in [7, 11) is 1.68. The van der Waals surface area contributed by atoms with Crippen LogP contribution in [0.2, 0.25) is 0 Å². The molecular weight excluding hydrogens is 382 g/mol. The van der Waals surface area contributed by atoms with Gasteiger partial charge < -0.3 is 14.7 Å². The Morgan fingerprint density at radius 1 is 1.00 bits per heavy atom. The minimum Gasteiger partial charge on any atom is -0.495 e. The van der Waals surface area contributed by atoms with E-state index >= 15 is 0 Å². The molecule has 4 aliphatic rings. The number of anilines is 1. The number of fused-ring (bicyclic) bond motifs is 5. The number of hydrogen-bond donors (Lipinski definition) is 1. The molecule has 2 amide bonds. The third kappa shape index (κ3) is 3.20. The normalized spacial score (nSPS) is 31.5. The van der Waals surface area contributed by atoms with Gasteiger partial charge in [-0.2, -0.15) is 0 Å². The number of rotatable bonds is 6. The molecule has 1 N–H and O–H groups in total. The smallest absolute Gasteiger partial charge is 0.233 e. The summed E-state index contributed by atoms with van der Waals surface area (Å²) in [6.45, 7) is 3.89. The summed E-state index contributed by atoms with van der Waals surface area (Å²) >= 11 is 0. The predicted octanol–water partition coefficient (Wildman–Crippen LogP) is 0.985. The van der Waals surface area contributed by atoms with Crippen LogP contribution >= 0.6 is 0 Å². The number of amides is 2. The fourth-order valence-corrected chi connectivity index (χ4v) is 5.77. The van der Waals surface area contributed by atoms with Crippen LogP contribution in [0.4, 0.5) is 5.69 Å². The van der Waals surface area contributed by atoms with Gasteiger partial charge in [-0.25, -0.2) is 0 Å². The van der Waals surface area contributed by atoms with E-state index in [2.05, 4.69) is 28.0 Å². The number of imide groups is 1. The van der Waals surface area contributed by atoms with Crippen LogP contribution in [0.5, 0.6) is 5.75 Å². The van der Waals surface area contributed by atoms with Crippen molar-refractivity contribution in [2.45, 2.75) is 12.5 Å². The summed E-state index contributed by atoms with van der Waals surface area (Å²) in [6.07, 6.45) is 4.40. The molecule has 1 aromatic carbocycles. The summed E-state index contributed by atoms with van der Waals surface area (Å²) in [5.74, 6) is 0.742. The van der Waals surface area contributed by atoms with Gasteiger partial charge >= 0.3 is 0 Å². The van der Waals surface area contributed by atoms with Crippen molar-refractivity contribution in [1.29, 1.82) is 0 Å². The summed E-state index contributed by atoms with van der Waals surface area (Å²) < 4.78 is 5.47. The van der Waals surface area contributed by atoms with Crippen molar-refractivity contribution in [3.8, 4) is 5.75 Å². The molecule has 5 rings (SSSR count). The van der Waals surface area contributed by atoms with Crippen LogP contribution in [-0.2, 0) is 9.59 Å². The fourth-order valence-electron chi connectivity index (χ4n) is 5.77. The van der Waals surface area contributed by atoms with E-state index in [0.717, 1.165) is 44.0 Å². The van der Waals surface area contributed by atoms with E-state index in [1.807, 2.05) is 18.2 Å². The average Bonchev–Trinajstić information content (AvgIpc) is 3.44. The molecule has 0 aromatic heterocycles. The number of aliphatic hydroxyl groups is 1. The molecule has 2 aliphatic carbocycles. The largest absolute Gasteiger partial charge is 0.495 e. The molecule has 30 heavy (non-hydrogen) atoms. The van der Waals surface area contributed by atoms with Crippen molar-refractivity contribution in [2.75, 3.05) is 51.3 Å². The van der Waals surface area contributed by atoms with Gasteiger partial charge in [0.1, 0.15) is 5.75 Å². The Labute approximate surface area is 176 Å². The maximum absolute atomic E-state index is 12.8. The van der Waals surface area contributed by atoms with Crippen LogP contribution in [0.3, 0.4) is 0 Å². The molecule has 2 heterocycles. The van der Waals surface area contributed by atoms with Gasteiger partial charge in [0, 0.05) is 32.7 Å². The highest BCUT2D eigenvalue weighted by molar-refractivity contribution is 6.06. The SMILES string of the molecule is COc1ccccc1N1CCN(CC(O)CN2C(=O)C3C4C=C[C@@H](C4)[C@@H]3C2=O)CC1. The topological polar surface area (TPSA) is 73.3 Å². The number of para-hydroxylation sites is 2. The van der Waals surface area contributed by atoms with Gasteiger partial charge in [0.2, 0.25) is 11.8 Å². The number of nitrogens with zero attached hydrogens (tertiary/aromatic N) is 3. The molecule has 1 aromatic rings. The number of β-amino-alcohol motifs (C(OH)–C–C–N with tert-alkyl or cyclic N) is 1. The summed E-state index contributed by atoms with van der Waals surface area (Å²) in [6, 6.07) is 8.00. The standard InChI is InChI=1S/C23H29N3O4/c1-30-19-5-3-2-4-18(19)25-10-8-24(9-11-25)13-17(27)14-26-22(28)20-15-6-7-16(12-15)21(20)23(26)29/h2-7,15-17,20-21,27H,8-14H2,1H3/t15-,16?,17?,20-,21?/m0/s1. The van der Waals surface area contributed by atoms with E-state index in [0.29, 0.717) is 6.54 Å². The maximum atomic E-state index is 12.8. The molecule has 7 heteroatoms. The highest BCUT2D eigenvalue weighted by atomic mass is 16.5. The van der Waals surface area contributed by atoms with E-state index in [9.17, 15) is 14.7 Å². The van der Waals surface area contributed by atoms with Crippen LogP contribution in [0.25, 0.3) is 0 Å². The zero-order chi connectivity index (χ0) is 20.8. The highest BCUT2D eigenvalue weighted by Gasteiger charge is 2.59. The Morgan fingerprint density at radius 3 is 2.27 bits per heavy atom. The second kappa shape index (κ2) is 7.71. The van der Waals surface area contributed by atoms with Crippen molar-refractivity contribution < 1.29 is 19.4 Å². The lowest BCUT2D eigenvalue weighted by Gasteiger charge is -2.37. The van der Waals surface area contributed by atoms with Gasteiger partial charge in [0.25, 0.3) is 0 Å². The molecule has 0 spiro atoms. The zero-order valence-electron chi connectivity index (χ0n) is 17.3. The number of ether oxygens (including phenoxy) is 1. The number of likely N-dealkylation sites (tertiary alicyclic amines) is 1. The number of hydrogen-bond acceptors (Lipinski definition) is 6. The van der Waals surface area contributed by atoms with E-state index in [4.69, 9.17) is 4.74 Å². The number of aliphatic hydroxyl groups excluding tert-OH is 1. The van der Waals surface area contributed by atoms with E-state index in [1.54, 1.807) is 7.11 Å². The summed E-state index contributed by atoms with van der Waals surface area (Å²) in [5, 5.41) is 10.6. The van der Waals surface area contributed by atoms with Crippen LogP contribution in [0, 0.1) is 23.7 Å². The molecule has 5 atom stereocenters. The maximum Gasteiger partial charge on any atom is 0.233 e. The first-order valence-corrected chi connectivity index (χ1v) is 10.9. The van der Waals surface area contributed by atoms with Crippen molar-refractivity contribution in [3.05, 3.63) is 36.4 Å². The molecule has 1 saturated carbocycles. The molecule has 3 unspecified atom stereocenters. The Kier molecular flexibility index (Phi) is 5.03. The predicted molar refractivity (Wildman–Crippen MR) is 112 cm³/mol. The van der Waals surface area contributed by atoms with Gasteiger partial charge in [-0.3, -0.25) is 19.4 Å². The number of methoxy groups -OCH3 is 1. The van der Waals surface area contributed by atoms with Crippen molar-refractivity contribution in [2.24, 2.45) is 23.7 Å². The van der Waals surface area contributed by atoms with Gasteiger partial charge in [0.05, 0.1) is 37.3 Å². The Morgan fingerprint density at radius 2 is 1.63 bits per heavy atom. The number of benzene rings is 1. The van der Waals surface area contributed by atoms with E-state index in [1.165, 1.54) is 4.90 Å². The zero-order valence-corrected chi connectivity index (χ0v) is 17.3. The van der Waals surface area contributed by atoms with Crippen LogP contribution < -0.4 is 9.64 Å². The van der Waals surface area contributed by atoms with E-state index < -0.39 is 6.10 Å². The Hall–Kier alpha value is -2.38. The molecule has 3 fully saturated rings. The Bertz CT molecular complexity index is 834. The molecule has 2 bridgehead atoms. The monoisotopic (exact) mass is 411 g/mol. The van der Waals surface area contributed by atoms with Crippen molar-refractivity contribution in [3.63, 3.8) is 0 Å². The first kappa shape index (κ1) is 19.6. The summed E-state index contributed by atoms with van der Waals surface area (Å²) in [5.41, 5.74) is 1.09. The molecule has 2 aliphatic heterocycles. The Balaban J connectivity index is 1.14. The molecule has 2 saturated heterocycles. The van der Waals surface area contributed by atoms with Gasteiger partial charge in [-0.1, -0.05) is 24.3 Å². The van der Waals surface area contributed by atoms with Gasteiger partial charge in [0.15, 0.2) is 0 Å². The number of piperazine rings is 1. The number of allylic oxidation sites excluding steroid dienone is 2. The number of carbonyl (C=O) groups excluding carboxylic acids is 2. The molecule has 0 radical (unpaired) electrons. The molecule has 7 nitrogen and oxygen atoms in total. The van der Waals surface area contributed by atoms with Gasteiger partial charge in [-0.15, -0.1) is 0 Å². The van der Waals surface area contributed by atoms with Crippen LogP contribution in [0.15, 0.2) is 36.4 Å². The first-order valence-electron chi connectivity index (χ1n) is 10.9. The molecular formula is C23H29N3O4. The second-order valence-corrected chi connectivity index (χ2v) is 8.90. The highest BCUT2D eigenvalue weighted by Crippen LogP contribution is 2.52. The minimum absolute atomic E-state index is 0.0816. The van der Waals surface area contributed by atoms with Crippen molar-refractivity contribution >= 4 is 17.5 Å². The average molecular weight is 412 g/mol. The van der Waals surface area contributed by atoms with E-state index in [-0.39, 0.29) is 42.0 Å². The fraction of sp³-hybridized carbons (Fsp3) is 0.565. The third-order valence-electron chi connectivity index (χ3n) is 7.22. The minimum atomic E-state index is -0.722. The van der Waals surface area contributed by atoms with Crippen LogP contribution in [0.1, 0.15) is 6.42 Å². The summed E-state index contributed by atoms with van der Waals surface area (Å²) in [4.78, 5) is 31.4. The molecule has 160 valence electrons. The lowest BCUT2D eigenvalue weighted by Crippen LogP contribution is -2.50. The second-order valence-electron chi connectivity index (χ2n) is 8.90. The van der Waals surface area contributed by atoms with Crippen molar-refractivity contribution in [1.82, 2.24) is 9.80 Å². The van der Waals surface area contributed by atoms with Crippen LogP contribution in [-0.4, -0.2) is 79.2 Å². The number of carbonyl (C=O) groups is 2. The third-order valence-corrected chi connectivity index (χ3v) is 7.22.